The van der Waals surface area contributed by atoms with Crippen molar-refractivity contribution in [3.8, 4) is 5.75 Å². The largest absolute Gasteiger partial charge is 0.455 e. The molecular weight excluding hydrogens is 380 g/mol. The van der Waals surface area contributed by atoms with Gasteiger partial charge < -0.3 is 14.8 Å². The average molecular weight is 403 g/mol. The lowest BCUT2D eigenvalue weighted by atomic mass is 9.98. The molecule has 1 fully saturated rings. The van der Waals surface area contributed by atoms with Gasteiger partial charge in [0.2, 0.25) is 0 Å². The molecule has 5 nitrogen and oxygen atoms in total. The SMILES string of the molecule is O=C(COC(=O)C1CCCC1)N[C@H](c1ccccc1)c1ccc(OC(F)F)cc1. The van der Waals surface area contributed by atoms with Crippen molar-refractivity contribution >= 4 is 11.9 Å². The van der Waals surface area contributed by atoms with Crippen LogP contribution in [0.4, 0.5) is 8.78 Å². The van der Waals surface area contributed by atoms with Crippen LogP contribution in [0.25, 0.3) is 0 Å². The lowest BCUT2D eigenvalue weighted by Crippen LogP contribution is -2.33. The van der Waals surface area contributed by atoms with Gasteiger partial charge >= 0.3 is 12.6 Å². The minimum atomic E-state index is -2.90. The minimum Gasteiger partial charge on any atom is -0.455 e. The molecule has 2 aromatic carbocycles. The summed E-state index contributed by atoms with van der Waals surface area (Å²) in [6.07, 6.45) is 3.63. The van der Waals surface area contributed by atoms with Gasteiger partial charge in [0.1, 0.15) is 5.75 Å². The number of alkyl halides is 2. The van der Waals surface area contributed by atoms with Gasteiger partial charge in [-0.05, 0) is 36.1 Å². The van der Waals surface area contributed by atoms with Crippen molar-refractivity contribution in [1.29, 1.82) is 0 Å². The molecule has 1 saturated carbocycles. The predicted molar refractivity (Wildman–Crippen MR) is 102 cm³/mol. The third kappa shape index (κ3) is 6.01. The molecule has 0 aliphatic heterocycles. The number of hydrogen-bond acceptors (Lipinski definition) is 4. The fourth-order valence-electron chi connectivity index (χ4n) is 3.47. The van der Waals surface area contributed by atoms with E-state index in [1.807, 2.05) is 30.3 Å². The van der Waals surface area contributed by atoms with E-state index in [0.717, 1.165) is 31.2 Å². The predicted octanol–water partition coefficient (Wildman–Crippen LogP) is 4.23. The Bertz CT molecular complexity index is 805. The second-order valence-corrected chi connectivity index (χ2v) is 6.95. The van der Waals surface area contributed by atoms with Crippen molar-refractivity contribution < 1.29 is 27.8 Å². The summed E-state index contributed by atoms with van der Waals surface area (Å²) in [6.45, 7) is -3.26. The van der Waals surface area contributed by atoms with Crippen LogP contribution < -0.4 is 10.1 Å². The van der Waals surface area contributed by atoms with Gasteiger partial charge in [-0.3, -0.25) is 9.59 Å². The highest BCUT2D eigenvalue weighted by atomic mass is 19.3. The standard InChI is InChI=1S/C22H23F2NO4/c23-22(24)29-18-12-10-16(11-13-18)20(15-6-2-1-3-7-15)25-19(26)14-28-21(27)17-8-4-5-9-17/h1-3,6-7,10-13,17,20,22H,4-5,8-9,14H2,(H,25,26)/t20-/m1/s1. The number of carbonyl (C=O) groups excluding carboxylic acids is 2. The lowest BCUT2D eigenvalue weighted by Gasteiger charge is -2.20. The van der Waals surface area contributed by atoms with Gasteiger partial charge in [-0.15, -0.1) is 0 Å². The van der Waals surface area contributed by atoms with Crippen LogP contribution in [0.3, 0.4) is 0 Å². The van der Waals surface area contributed by atoms with Gasteiger partial charge in [0, 0.05) is 0 Å². The van der Waals surface area contributed by atoms with E-state index < -0.39 is 18.6 Å². The number of esters is 1. The van der Waals surface area contributed by atoms with Crippen molar-refractivity contribution in [2.24, 2.45) is 5.92 Å². The van der Waals surface area contributed by atoms with E-state index in [4.69, 9.17) is 4.74 Å². The normalized spacial score (nSPS) is 15.1. The van der Waals surface area contributed by atoms with Gasteiger partial charge in [0.05, 0.1) is 12.0 Å². The van der Waals surface area contributed by atoms with Crippen LogP contribution in [0, 0.1) is 5.92 Å². The molecule has 7 heteroatoms. The van der Waals surface area contributed by atoms with Crippen LogP contribution in [-0.2, 0) is 14.3 Å². The highest BCUT2D eigenvalue weighted by Gasteiger charge is 2.25. The quantitative estimate of drug-likeness (QED) is 0.670. The van der Waals surface area contributed by atoms with E-state index in [-0.39, 0.29) is 24.2 Å². The lowest BCUT2D eigenvalue weighted by molar-refractivity contribution is -0.152. The summed E-state index contributed by atoms with van der Waals surface area (Å²) in [6, 6.07) is 14.8. The highest BCUT2D eigenvalue weighted by Crippen LogP contribution is 2.26. The van der Waals surface area contributed by atoms with E-state index in [2.05, 4.69) is 10.1 Å². The number of hydrogen-bond donors (Lipinski definition) is 1. The number of halogens is 2. The molecule has 3 rings (SSSR count). The molecule has 1 amide bonds. The maximum Gasteiger partial charge on any atom is 0.387 e. The molecule has 0 bridgehead atoms. The molecule has 0 heterocycles. The summed E-state index contributed by atoms with van der Waals surface area (Å²) in [5.74, 6) is -0.844. The third-order valence-corrected chi connectivity index (χ3v) is 4.91. The number of carbonyl (C=O) groups is 2. The zero-order chi connectivity index (χ0) is 20.6. The van der Waals surface area contributed by atoms with Crippen molar-refractivity contribution in [1.82, 2.24) is 5.32 Å². The van der Waals surface area contributed by atoms with Gasteiger partial charge in [-0.25, -0.2) is 0 Å². The zero-order valence-corrected chi connectivity index (χ0v) is 15.9. The smallest absolute Gasteiger partial charge is 0.387 e. The Morgan fingerprint density at radius 3 is 2.21 bits per heavy atom. The van der Waals surface area contributed by atoms with E-state index in [1.54, 1.807) is 12.1 Å². The first-order valence-corrected chi connectivity index (χ1v) is 9.58. The Kier molecular flexibility index (Phi) is 7.16. The average Bonchev–Trinajstić information content (AvgIpc) is 3.26. The fraction of sp³-hybridized carbons (Fsp3) is 0.364. The van der Waals surface area contributed by atoms with Crippen LogP contribution in [0.2, 0.25) is 0 Å². The molecule has 29 heavy (non-hydrogen) atoms. The molecular formula is C22H23F2NO4. The second kappa shape index (κ2) is 10.0. The van der Waals surface area contributed by atoms with Crippen LogP contribution in [-0.4, -0.2) is 25.1 Å². The van der Waals surface area contributed by atoms with Crippen LogP contribution in [0.5, 0.6) is 5.75 Å². The Morgan fingerprint density at radius 2 is 1.59 bits per heavy atom. The number of nitrogens with one attached hydrogen (secondary N) is 1. The van der Waals surface area contributed by atoms with Crippen LogP contribution in [0.15, 0.2) is 54.6 Å². The minimum absolute atomic E-state index is 0.0346. The Labute approximate surface area is 168 Å². The number of rotatable bonds is 8. The first-order chi connectivity index (χ1) is 14.0. The van der Waals surface area contributed by atoms with E-state index in [1.165, 1.54) is 12.1 Å². The van der Waals surface area contributed by atoms with Crippen LogP contribution in [0.1, 0.15) is 42.9 Å². The van der Waals surface area contributed by atoms with Gasteiger partial charge in [0.25, 0.3) is 5.91 Å². The molecule has 1 atom stereocenters. The highest BCUT2D eigenvalue weighted by molar-refractivity contribution is 5.82. The zero-order valence-electron chi connectivity index (χ0n) is 15.9. The third-order valence-electron chi connectivity index (χ3n) is 4.91. The summed E-state index contributed by atoms with van der Waals surface area (Å²) in [7, 11) is 0. The first-order valence-electron chi connectivity index (χ1n) is 9.58. The fourth-order valence-corrected chi connectivity index (χ4v) is 3.47. The van der Waals surface area contributed by atoms with Crippen molar-refractivity contribution in [3.05, 3.63) is 65.7 Å². The van der Waals surface area contributed by atoms with Gasteiger partial charge in [-0.2, -0.15) is 8.78 Å². The summed E-state index contributed by atoms with van der Waals surface area (Å²) in [5, 5.41) is 2.85. The van der Waals surface area contributed by atoms with E-state index in [9.17, 15) is 18.4 Å². The van der Waals surface area contributed by atoms with Gasteiger partial charge in [-0.1, -0.05) is 55.3 Å². The number of amides is 1. The summed E-state index contributed by atoms with van der Waals surface area (Å²) < 4.78 is 34.3. The maximum atomic E-state index is 12.4. The van der Waals surface area contributed by atoms with Crippen LogP contribution >= 0.6 is 0 Å². The topological polar surface area (TPSA) is 64.6 Å². The monoisotopic (exact) mass is 403 g/mol. The summed E-state index contributed by atoms with van der Waals surface area (Å²) in [5.41, 5.74) is 1.50. The summed E-state index contributed by atoms with van der Waals surface area (Å²) in [4.78, 5) is 24.4. The van der Waals surface area contributed by atoms with E-state index >= 15 is 0 Å². The molecule has 1 N–H and O–H groups in total. The molecule has 0 saturated heterocycles. The van der Waals surface area contributed by atoms with Gasteiger partial charge in [0.15, 0.2) is 6.61 Å². The second-order valence-electron chi connectivity index (χ2n) is 6.95. The van der Waals surface area contributed by atoms with Crippen molar-refractivity contribution in [2.75, 3.05) is 6.61 Å². The molecule has 0 radical (unpaired) electrons. The Hall–Kier alpha value is -2.96. The molecule has 0 unspecified atom stereocenters. The molecule has 1 aliphatic rings. The molecule has 0 spiro atoms. The van der Waals surface area contributed by atoms with Crippen molar-refractivity contribution in [3.63, 3.8) is 0 Å². The summed E-state index contributed by atoms with van der Waals surface area (Å²) >= 11 is 0. The number of ether oxygens (including phenoxy) is 2. The molecule has 154 valence electrons. The Morgan fingerprint density at radius 1 is 0.966 bits per heavy atom. The molecule has 2 aromatic rings. The van der Waals surface area contributed by atoms with Crippen molar-refractivity contribution in [2.45, 2.75) is 38.3 Å². The number of benzene rings is 2. The first kappa shape index (κ1) is 20.8. The van der Waals surface area contributed by atoms with E-state index in [0.29, 0.717) is 5.56 Å². The maximum absolute atomic E-state index is 12.4. The molecule has 1 aliphatic carbocycles. The Balaban J connectivity index is 1.67. The molecule has 0 aromatic heterocycles.